The van der Waals surface area contributed by atoms with Gasteiger partial charge in [-0.05, 0) is 36.8 Å². The lowest BCUT2D eigenvalue weighted by molar-refractivity contribution is -0.121. The Balaban J connectivity index is 1.69. The molecule has 0 saturated heterocycles. The Morgan fingerprint density at radius 3 is 2.70 bits per heavy atom. The number of carbonyl (C=O) groups is 1. The molecule has 0 atom stereocenters. The van der Waals surface area contributed by atoms with Crippen molar-refractivity contribution in [1.29, 1.82) is 0 Å². The number of methoxy groups -OCH3 is 1. The van der Waals surface area contributed by atoms with Crippen LogP contribution < -0.4 is 14.8 Å². The van der Waals surface area contributed by atoms with Gasteiger partial charge in [0, 0.05) is 13.0 Å². The summed E-state index contributed by atoms with van der Waals surface area (Å²) in [4.78, 5) is 17.1. The first-order chi connectivity index (χ1) is 13.2. The number of rotatable bonds is 8. The summed E-state index contributed by atoms with van der Waals surface area (Å²) < 4.78 is 12.9. The molecule has 3 rings (SSSR count). The molecule has 142 valence electrons. The highest BCUT2D eigenvalue weighted by molar-refractivity contribution is 5.81. The van der Waals surface area contributed by atoms with Crippen LogP contribution >= 0.6 is 0 Å². The van der Waals surface area contributed by atoms with Gasteiger partial charge in [-0.2, -0.15) is 0 Å². The first-order valence-corrected chi connectivity index (χ1v) is 9.16. The van der Waals surface area contributed by atoms with E-state index in [0.717, 1.165) is 28.8 Å². The van der Waals surface area contributed by atoms with E-state index in [9.17, 15) is 4.79 Å². The minimum atomic E-state index is -0.0549. The molecule has 0 aliphatic rings. The minimum Gasteiger partial charge on any atom is -0.493 e. The number of imidazole rings is 1. The zero-order valence-corrected chi connectivity index (χ0v) is 16.0. The maximum atomic E-state index is 12.5. The van der Waals surface area contributed by atoms with Crippen LogP contribution in [-0.4, -0.2) is 29.2 Å². The number of hydrogen-bond donors (Lipinski definition) is 1. The first kappa shape index (κ1) is 18.8. The number of nitrogens with zero attached hydrogens (tertiary/aromatic N) is 2. The van der Waals surface area contributed by atoms with Crippen LogP contribution in [0.4, 0.5) is 0 Å². The third-order valence-corrected chi connectivity index (χ3v) is 4.37. The van der Waals surface area contributed by atoms with Gasteiger partial charge in [0.25, 0.3) is 0 Å². The topological polar surface area (TPSA) is 65.4 Å². The number of aryl methyl sites for hydroxylation is 1. The van der Waals surface area contributed by atoms with Crippen LogP contribution in [0.1, 0.15) is 25.2 Å². The molecule has 27 heavy (non-hydrogen) atoms. The zero-order valence-electron chi connectivity index (χ0n) is 16.0. The van der Waals surface area contributed by atoms with Crippen molar-refractivity contribution in [3.8, 4) is 11.5 Å². The van der Waals surface area contributed by atoms with Crippen LogP contribution in [0, 0.1) is 0 Å². The van der Waals surface area contributed by atoms with Crippen molar-refractivity contribution < 1.29 is 14.3 Å². The highest BCUT2D eigenvalue weighted by atomic mass is 16.5. The summed E-state index contributed by atoms with van der Waals surface area (Å²) in [5.74, 6) is 2.22. The zero-order chi connectivity index (χ0) is 19.2. The maximum Gasteiger partial charge on any atom is 0.240 e. The molecular formula is C21H25N3O3. The fraction of sp³-hybridized carbons (Fsp3) is 0.333. The Hall–Kier alpha value is -3.02. The monoisotopic (exact) mass is 367 g/mol. The molecule has 6 nitrogen and oxygen atoms in total. The summed E-state index contributed by atoms with van der Waals surface area (Å²) in [6.45, 7) is 5.22. The molecule has 1 aromatic heterocycles. The lowest BCUT2D eigenvalue weighted by Crippen LogP contribution is -2.27. The van der Waals surface area contributed by atoms with Crippen LogP contribution in [-0.2, 0) is 24.3 Å². The van der Waals surface area contributed by atoms with E-state index in [1.807, 2.05) is 60.9 Å². The van der Waals surface area contributed by atoms with Crippen LogP contribution in [0.15, 0.2) is 42.5 Å². The Morgan fingerprint density at radius 2 is 1.96 bits per heavy atom. The van der Waals surface area contributed by atoms with Crippen molar-refractivity contribution in [3.05, 3.63) is 53.9 Å². The van der Waals surface area contributed by atoms with Gasteiger partial charge in [0.05, 0.1) is 24.8 Å². The summed E-state index contributed by atoms with van der Waals surface area (Å²) in [6.07, 6.45) is 0.776. The quantitative estimate of drug-likeness (QED) is 0.663. The Kier molecular flexibility index (Phi) is 5.96. The lowest BCUT2D eigenvalue weighted by atomic mass is 10.2. The minimum absolute atomic E-state index is 0.0549. The summed E-state index contributed by atoms with van der Waals surface area (Å²) >= 11 is 0. The van der Waals surface area contributed by atoms with E-state index in [2.05, 4.69) is 10.3 Å². The normalized spacial score (nSPS) is 10.8. The second-order valence-corrected chi connectivity index (χ2v) is 6.15. The Morgan fingerprint density at radius 1 is 1.15 bits per heavy atom. The molecule has 1 heterocycles. The van der Waals surface area contributed by atoms with Gasteiger partial charge in [0.2, 0.25) is 5.91 Å². The third-order valence-electron chi connectivity index (χ3n) is 4.37. The standard InChI is InChI=1S/C21H25N3O3/c1-4-20-23-16-8-6-7-9-17(16)24(20)14-21(25)22-13-15-10-11-18(27-5-2)19(12-15)26-3/h6-12H,4-5,13-14H2,1-3H3,(H,22,25). The van der Waals surface area contributed by atoms with Gasteiger partial charge in [-0.3, -0.25) is 4.79 Å². The molecule has 0 unspecified atom stereocenters. The molecule has 3 aromatic rings. The largest absolute Gasteiger partial charge is 0.493 e. The number of hydrogen-bond acceptors (Lipinski definition) is 4. The number of fused-ring (bicyclic) bond motifs is 1. The molecule has 2 aromatic carbocycles. The molecule has 0 fully saturated rings. The number of aromatic nitrogens is 2. The van der Waals surface area contributed by atoms with E-state index in [1.165, 1.54) is 0 Å². The van der Waals surface area contributed by atoms with Gasteiger partial charge in [-0.15, -0.1) is 0 Å². The molecule has 1 amide bonds. The molecule has 0 aliphatic carbocycles. The predicted molar refractivity (Wildman–Crippen MR) is 105 cm³/mol. The summed E-state index contributed by atoms with van der Waals surface area (Å²) in [6, 6.07) is 13.6. The fourth-order valence-corrected chi connectivity index (χ4v) is 3.07. The van der Waals surface area contributed by atoms with Crippen molar-refractivity contribution in [2.24, 2.45) is 0 Å². The van der Waals surface area contributed by atoms with Gasteiger partial charge in [0.15, 0.2) is 11.5 Å². The van der Waals surface area contributed by atoms with Crippen molar-refractivity contribution in [2.45, 2.75) is 33.4 Å². The van der Waals surface area contributed by atoms with Gasteiger partial charge >= 0.3 is 0 Å². The molecule has 1 N–H and O–H groups in total. The number of amides is 1. The smallest absolute Gasteiger partial charge is 0.240 e. The van der Waals surface area contributed by atoms with Gasteiger partial charge in [-0.1, -0.05) is 25.1 Å². The fourth-order valence-electron chi connectivity index (χ4n) is 3.07. The molecule has 0 aliphatic heterocycles. The molecule has 0 spiro atoms. The maximum absolute atomic E-state index is 12.5. The highest BCUT2D eigenvalue weighted by Crippen LogP contribution is 2.28. The lowest BCUT2D eigenvalue weighted by Gasteiger charge is -2.12. The van der Waals surface area contributed by atoms with Crippen LogP contribution in [0.2, 0.25) is 0 Å². The summed E-state index contributed by atoms with van der Waals surface area (Å²) in [5, 5.41) is 2.97. The SMILES string of the molecule is CCOc1ccc(CNC(=O)Cn2c(CC)nc3ccccc32)cc1OC. The second-order valence-electron chi connectivity index (χ2n) is 6.15. The predicted octanol–water partition coefficient (Wildman–Crippen LogP) is 3.32. The van der Waals surface area contributed by atoms with Crippen LogP contribution in [0.25, 0.3) is 11.0 Å². The average Bonchev–Trinajstić information content (AvgIpc) is 3.05. The molecule has 0 radical (unpaired) electrons. The molecule has 6 heteroatoms. The first-order valence-electron chi connectivity index (χ1n) is 9.16. The summed E-state index contributed by atoms with van der Waals surface area (Å²) in [7, 11) is 1.61. The summed E-state index contributed by atoms with van der Waals surface area (Å²) in [5.41, 5.74) is 2.85. The van der Waals surface area contributed by atoms with Crippen molar-refractivity contribution >= 4 is 16.9 Å². The highest BCUT2D eigenvalue weighted by Gasteiger charge is 2.12. The van der Waals surface area contributed by atoms with E-state index in [-0.39, 0.29) is 12.5 Å². The van der Waals surface area contributed by atoms with Gasteiger partial charge in [0.1, 0.15) is 12.4 Å². The van der Waals surface area contributed by atoms with E-state index < -0.39 is 0 Å². The van der Waals surface area contributed by atoms with Crippen molar-refractivity contribution in [2.75, 3.05) is 13.7 Å². The second kappa shape index (κ2) is 8.58. The Labute approximate surface area is 159 Å². The van der Waals surface area contributed by atoms with E-state index in [0.29, 0.717) is 24.7 Å². The van der Waals surface area contributed by atoms with Gasteiger partial charge in [-0.25, -0.2) is 4.98 Å². The van der Waals surface area contributed by atoms with E-state index >= 15 is 0 Å². The number of nitrogens with one attached hydrogen (secondary N) is 1. The number of carbonyl (C=O) groups excluding carboxylic acids is 1. The third kappa shape index (κ3) is 4.22. The molecule has 0 saturated carbocycles. The number of ether oxygens (including phenoxy) is 2. The van der Waals surface area contributed by atoms with Crippen molar-refractivity contribution in [3.63, 3.8) is 0 Å². The van der Waals surface area contributed by atoms with Gasteiger partial charge < -0.3 is 19.4 Å². The molecule has 0 bridgehead atoms. The van der Waals surface area contributed by atoms with Crippen LogP contribution in [0.5, 0.6) is 11.5 Å². The average molecular weight is 367 g/mol. The van der Waals surface area contributed by atoms with Crippen LogP contribution in [0.3, 0.4) is 0 Å². The Bertz CT molecular complexity index is 934. The number of benzene rings is 2. The van der Waals surface area contributed by atoms with E-state index in [4.69, 9.17) is 9.47 Å². The number of para-hydroxylation sites is 2. The molecular weight excluding hydrogens is 342 g/mol. The van der Waals surface area contributed by atoms with Crippen molar-refractivity contribution in [1.82, 2.24) is 14.9 Å². The van der Waals surface area contributed by atoms with E-state index in [1.54, 1.807) is 7.11 Å².